The summed E-state index contributed by atoms with van der Waals surface area (Å²) in [6, 6.07) is 0.756. The van der Waals surface area contributed by atoms with Crippen molar-refractivity contribution in [3.63, 3.8) is 0 Å². The topological polar surface area (TPSA) is 62.2 Å². The highest BCUT2D eigenvalue weighted by molar-refractivity contribution is 6.32. The van der Waals surface area contributed by atoms with Crippen molar-refractivity contribution in [3.05, 3.63) is 17.8 Å². The third-order valence-corrected chi connectivity index (χ3v) is 2.86. The van der Waals surface area contributed by atoms with Gasteiger partial charge in [0.05, 0.1) is 11.7 Å². The van der Waals surface area contributed by atoms with Crippen LogP contribution in [0, 0.1) is 0 Å². The number of aromatic nitrogens is 1. The maximum atomic E-state index is 12.5. The lowest BCUT2D eigenvalue weighted by Gasteiger charge is -2.32. The number of nitrogens with zero attached hydrogens (tertiary/aromatic N) is 1. The van der Waals surface area contributed by atoms with Gasteiger partial charge in [-0.2, -0.15) is 13.2 Å². The van der Waals surface area contributed by atoms with Crippen LogP contribution in [0.5, 0.6) is 0 Å². The first-order chi connectivity index (χ1) is 8.77. The lowest BCUT2D eigenvalue weighted by molar-refractivity contribution is -0.0884. The number of ketones is 1. The quantitative estimate of drug-likeness (QED) is 0.622. The molecule has 0 spiro atoms. The lowest BCUT2D eigenvalue weighted by Crippen LogP contribution is -2.40. The van der Waals surface area contributed by atoms with E-state index in [2.05, 4.69) is 10.3 Å². The first-order valence-corrected chi connectivity index (χ1v) is 5.59. The number of nitrogens with one attached hydrogen (secondary N) is 1. The van der Waals surface area contributed by atoms with Crippen molar-refractivity contribution < 1.29 is 23.1 Å². The number of aliphatic hydroxyl groups excluding tert-OH is 1. The van der Waals surface area contributed by atoms with Gasteiger partial charge in [-0.1, -0.05) is 11.5 Å². The monoisotopic (exact) mass is 270 g/mol. The number of halogens is 3. The molecular weight excluding hydrogens is 260 g/mol. The van der Waals surface area contributed by atoms with E-state index in [4.69, 9.17) is 13.0 Å². The Morgan fingerprint density at radius 3 is 2.63 bits per heavy atom. The Balaban J connectivity index is 2.25. The van der Waals surface area contributed by atoms with Crippen LogP contribution in [0.25, 0.3) is 0 Å². The van der Waals surface area contributed by atoms with Crippen LogP contribution in [0.3, 0.4) is 0 Å². The number of anilines is 1. The molecule has 1 aliphatic rings. The smallest absolute Gasteiger partial charge is 0.393 e. The molecule has 1 heterocycles. The molecule has 19 heavy (non-hydrogen) atoms. The van der Waals surface area contributed by atoms with Gasteiger partial charge < -0.3 is 10.4 Å². The number of hydrogen-bond donors (Lipinski definition) is 2. The van der Waals surface area contributed by atoms with Crippen LogP contribution in [0.15, 0.2) is 12.3 Å². The first-order valence-electron chi connectivity index (χ1n) is 5.59. The van der Waals surface area contributed by atoms with Crippen molar-refractivity contribution in [2.24, 2.45) is 0 Å². The molecule has 0 aliphatic heterocycles. The third-order valence-electron chi connectivity index (χ3n) is 2.86. The molecule has 1 aromatic heterocycles. The Kier molecular flexibility index (Phi) is 3.53. The zero-order valence-corrected chi connectivity index (χ0v) is 9.74. The molecule has 2 radical (unpaired) electrons. The largest absolute Gasteiger partial charge is 0.455 e. The van der Waals surface area contributed by atoms with Crippen LogP contribution < -0.4 is 10.8 Å². The SMILES string of the molecule is [B]c1cnc(NC2CC(O)C2)c(C(=O)C(F)(F)F)c1. The Hall–Kier alpha value is -1.57. The van der Waals surface area contributed by atoms with Crippen molar-refractivity contribution in [1.82, 2.24) is 4.98 Å². The van der Waals surface area contributed by atoms with E-state index in [9.17, 15) is 18.0 Å². The van der Waals surface area contributed by atoms with Gasteiger partial charge in [0, 0.05) is 12.2 Å². The van der Waals surface area contributed by atoms with Crippen molar-refractivity contribution in [3.8, 4) is 0 Å². The molecular formula is C11H10BF3N2O2. The summed E-state index contributed by atoms with van der Waals surface area (Å²) < 4.78 is 37.4. The maximum Gasteiger partial charge on any atom is 0.455 e. The standard InChI is InChI=1S/C11H10BF3N2O2/c12-5-1-8(9(19)11(13,14)15)10(16-4-5)17-6-2-7(18)3-6/h1,4,6-7,18H,2-3H2,(H,16,17). The summed E-state index contributed by atoms with van der Waals surface area (Å²) in [6.07, 6.45) is -3.46. The Morgan fingerprint density at radius 1 is 1.47 bits per heavy atom. The van der Waals surface area contributed by atoms with E-state index in [1.807, 2.05) is 0 Å². The predicted octanol–water partition coefficient (Wildman–Crippen LogP) is 0.556. The summed E-state index contributed by atoms with van der Waals surface area (Å²) in [5, 5.41) is 11.8. The summed E-state index contributed by atoms with van der Waals surface area (Å²) >= 11 is 0. The van der Waals surface area contributed by atoms with E-state index in [0.717, 1.165) is 6.07 Å². The highest BCUT2D eigenvalue weighted by Crippen LogP contribution is 2.28. The summed E-state index contributed by atoms with van der Waals surface area (Å²) in [4.78, 5) is 15.0. The fraction of sp³-hybridized carbons (Fsp3) is 0.455. The second kappa shape index (κ2) is 4.84. The minimum Gasteiger partial charge on any atom is -0.393 e. The molecule has 100 valence electrons. The number of alkyl halides is 3. The van der Waals surface area contributed by atoms with Crippen LogP contribution in [-0.4, -0.2) is 42.0 Å². The molecule has 2 N–H and O–H groups in total. The van der Waals surface area contributed by atoms with Crippen molar-refractivity contribution in [2.75, 3.05) is 5.32 Å². The van der Waals surface area contributed by atoms with Gasteiger partial charge in [-0.3, -0.25) is 4.79 Å². The average molecular weight is 270 g/mol. The van der Waals surface area contributed by atoms with Crippen LogP contribution in [0.1, 0.15) is 23.2 Å². The fourth-order valence-electron chi connectivity index (χ4n) is 1.82. The van der Waals surface area contributed by atoms with Gasteiger partial charge >= 0.3 is 6.18 Å². The minimum atomic E-state index is -4.98. The fourth-order valence-corrected chi connectivity index (χ4v) is 1.82. The summed E-state index contributed by atoms with van der Waals surface area (Å²) in [5.74, 6) is -2.15. The van der Waals surface area contributed by atoms with Crippen LogP contribution in [0.2, 0.25) is 0 Å². The Morgan fingerprint density at radius 2 is 2.11 bits per heavy atom. The predicted molar refractivity (Wildman–Crippen MR) is 62.7 cm³/mol. The molecule has 0 amide bonds. The second-order valence-electron chi connectivity index (χ2n) is 4.46. The number of hydrogen-bond acceptors (Lipinski definition) is 4. The van der Waals surface area contributed by atoms with Gasteiger partial charge in [0.25, 0.3) is 5.78 Å². The van der Waals surface area contributed by atoms with Gasteiger partial charge in [0.1, 0.15) is 13.7 Å². The molecule has 0 bridgehead atoms. The van der Waals surface area contributed by atoms with Gasteiger partial charge in [-0.15, -0.1) is 0 Å². The second-order valence-corrected chi connectivity index (χ2v) is 4.46. The van der Waals surface area contributed by atoms with Crippen LogP contribution >= 0.6 is 0 Å². The Bertz CT molecular complexity index is 501. The molecule has 1 aliphatic carbocycles. The van der Waals surface area contributed by atoms with Crippen molar-refractivity contribution in [2.45, 2.75) is 31.2 Å². The lowest BCUT2D eigenvalue weighted by atomic mass is 9.89. The number of aliphatic hydroxyl groups is 1. The Labute approximate surface area is 108 Å². The third kappa shape index (κ3) is 3.06. The van der Waals surface area contributed by atoms with Crippen LogP contribution in [-0.2, 0) is 0 Å². The van der Waals surface area contributed by atoms with E-state index in [0.29, 0.717) is 12.8 Å². The molecule has 1 fully saturated rings. The van der Waals surface area contributed by atoms with Gasteiger partial charge in [0.2, 0.25) is 0 Å². The number of Topliss-reactive ketones (excluding diaryl/α,β-unsaturated/α-hetero) is 1. The first kappa shape index (κ1) is 13.9. The summed E-state index contributed by atoms with van der Waals surface area (Å²) in [7, 11) is 5.36. The van der Waals surface area contributed by atoms with Gasteiger partial charge in [-0.05, 0) is 12.8 Å². The number of carbonyl (C=O) groups excluding carboxylic acids is 1. The minimum absolute atomic E-state index is 0.0215. The van der Waals surface area contributed by atoms with E-state index < -0.39 is 23.6 Å². The number of carbonyl (C=O) groups is 1. The molecule has 0 aromatic carbocycles. The molecule has 0 atom stereocenters. The molecule has 0 unspecified atom stereocenters. The van der Waals surface area contributed by atoms with Gasteiger partial charge in [-0.25, -0.2) is 4.98 Å². The van der Waals surface area contributed by atoms with E-state index >= 15 is 0 Å². The van der Waals surface area contributed by atoms with E-state index in [1.54, 1.807) is 0 Å². The maximum absolute atomic E-state index is 12.5. The average Bonchev–Trinajstić information content (AvgIpc) is 2.27. The van der Waals surface area contributed by atoms with E-state index in [-0.39, 0.29) is 17.3 Å². The highest BCUT2D eigenvalue weighted by atomic mass is 19.4. The molecule has 8 heteroatoms. The summed E-state index contributed by atoms with van der Waals surface area (Å²) in [5.41, 5.74) is -0.624. The molecule has 2 rings (SSSR count). The molecule has 1 aromatic rings. The highest BCUT2D eigenvalue weighted by Gasteiger charge is 2.41. The summed E-state index contributed by atoms with van der Waals surface area (Å²) in [6.45, 7) is 0. The van der Waals surface area contributed by atoms with E-state index in [1.165, 1.54) is 6.20 Å². The zero-order valence-electron chi connectivity index (χ0n) is 9.74. The molecule has 4 nitrogen and oxygen atoms in total. The normalized spacial score (nSPS) is 22.7. The molecule has 1 saturated carbocycles. The van der Waals surface area contributed by atoms with Crippen molar-refractivity contribution in [1.29, 1.82) is 0 Å². The number of rotatable bonds is 3. The van der Waals surface area contributed by atoms with Gasteiger partial charge in [0.15, 0.2) is 0 Å². The van der Waals surface area contributed by atoms with Crippen molar-refractivity contribution >= 4 is 24.9 Å². The number of pyridine rings is 1. The molecule has 0 saturated heterocycles. The van der Waals surface area contributed by atoms with Crippen LogP contribution in [0.4, 0.5) is 19.0 Å². The zero-order chi connectivity index (χ0) is 14.2.